The van der Waals surface area contributed by atoms with Crippen molar-refractivity contribution in [2.45, 2.75) is 12.8 Å². The maximum atomic E-state index is 12.9. The Hall–Kier alpha value is -5.35. The smallest absolute Gasteiger partial charge is 0.416 e. The molecule has 53 heavy (non-hydrogen) atoms. The molecule has 282 valence electrons. The SMILES string of the molecule is Cl.Cl.O=C(CN1CCN(CC(=O)Nc2ccc(NC(=O)Nc3cccc(C(F)(F)F)c3)cc2)CC1)N/N=C/c1cc(OCc2ccccc2)ccc1O. The Bertz CT molecular complexity index is 1840. The molecular weight excluding hydrogens is 738 g/mol. The topological polar surface area (TPSA) is 148 Å². The summed E-state index contributed by atoms with van der Waals surface area (Å²) in [6.45, 7) is 2.88. The Morgan fingerprint density at radius 2 is 1.34 bits per heavy atom. The average molecular weight is 777 g/mol. The van der Waals surface area contributed by atoms with Crippen LogP contribution in [0.5, 0.6) is 11.5 Å². The standard InChI is InChI=1S/C36H36F3N7O5.2ClH/c37-36(38,39)27-7-4-8-30(20-27)43-35(50)42-29-11-9-28(10-12-29)41-33(48)22-45-15-17-46(18-16-45)23-34(49)44-40-21-26-19-31(13-14-32(26)47)51-24-25-5-2-1-3-6-25;;/h1-14,19-21,47H,15-18,22-24H2,(H,41,48)(H,44,49)(H2,42,43,50);2*1H/b40-21+;;. The summed E-state index contributed by atoms with van der Waals surface area (Å²) in [5.74, 6) is -0.0190. The zero-order valence-electron chi connectivity index (χ0n) is 28.1. The van der Waals surface area contributed by atoms with Crippen molar-refractivity contribution in [2.24, 2.45) is 5.10 Å². The first-order chi connectivity index (χ1) is 24.5. The molecule has 5 N–H and O–H groups in total. The Morgan fingerprint density at radius 3 is 1.98 bits per heavy atom. The molecule has 0 atom stereocenters. The van der Waals surface area contributed by atoms with E-state index in [0.29, 0.717) is 55.5 Å². The van der Waals surface area contributed by atoms with E-state index >= 15 is 0 Å². The lowest BCUT2D eigenvalue weighted by Gasteiger charge is -2.33. The second-order valence-corrected chi connectivity index (χ2v) is 11.6. The van der Waals surface area contributed by atoms with Crippen LogP contribution in [-0.4, -0.2) is 78.2 Å². The Morgan fingerprint density at radius 1 is 0.736 bits per heavy atom. The first-order valence-corrected chi connectivity index (χ1v) is 15.9. The third kappa shape index (κ3) is 13.6. The number of aromatic hydroxyl groups is 1. The molecule has 1 aliphatic heterocycles. The maximum Gasteiger partial charge on any atom is 0.416 e. The highest BCUT2D eigenvalue weighted by Crippen LogP contribution is 2.30. The van der Waals surface area contributed by atoms with E-state index in [1.165, 1.54) is 24.4 Å². The first kappa shape index (κ1) is 42.1. The molecule has 5 rings (SSSR count). The van der Waals surface area contributed by atoms with Crippen molar-refractivity contribution < 1.29 is 37.4 Å². The van der Waals surface area contributed by atoms with Gasteiger partial charge in [0.05, 0.1) is 24.9 Å². The van der Waals surface area contributed by atoms with Crippen molar-refractivity contribution in [1.29, 1.82) is 0 Å². The zero-order valence-corrected chi connectivity index (χ0v) is 29.8. The number of piperazine rings is 1. The summed E-state index contributed by atoms with van der Waals surface area (Å²) in [5.41, 5.74) is 3.86. The summed E-state index contributed by atoms with van der Waals surface area (Å²) in [6, 6.07) is 24.3. The van der Waals surface area contributed by atoms with Gasteiger partial charge in [0.1, 0.15) is 18.1 Å². The number of anilines is 3. The van der Waals surface area contributed by atoms with Gasteiger partial charge in [-0.2, -0.15) is 18.3 Å². The third-order valence-corrected chi connectivity index (χ3v) is 7.71. The van der Waals surface area contributed by atoms with Gasteiger partial charge < -0.3 is 25.8 Å². The number of ether oxygens (including phenoxy) is 1. The molecule has 4 aromatic rings. The Labute approximate surface area is 316 Å². The summed E-state index contributed by atoms with van der Waals surface area (Å²) in [4.78, 5) is 41.3. The second-order valence-electron chi connectivity index (χ2n) is 11.6. The highest BCUT2D eigenvalue weighted by atomic mass is 35.5. The Kier molecular flexibility index (Phi) is 15.9. The fourth-order valence-electron chi connectivity index (χ4n) is 5.09. The quantitative estimate of drug-likeness (QED) is 0.0853. The van der Waals surface area contributed by atoms with Crippen molar-refractivity contribution in [1.82, 2.24) is 15.2 Å². The van der Waals surface area contributed by atoms with E-state index in [4.69, 9.17) is 4.74 Å². The van der Waals surface area contributed by atoms with Crippen LogP contribution in [0.25, 0.3) is 0 Å². The molecular formula is C36H38Cl2F3N7O5. The zero-order chi connectivity index (χ0) is 36.2. The number of hydrogen-bond donors (Lipinski definition) is 5. The van der Waals surface area contributed by atoms with Crippen LogP contribution >= 0.6 is 24.8 Å². The van der Waals surface area contributed by atoms with Crippen molar-refractivity contribution in [3.8, 4) is 11.5 Å². The number of carbonyl (C=O) groups is 3. The van der Waals surface area contributed by atoms with Crippen LogP contribution in [0.3, 0.4) is 0 Å². The summed E-state index contributed by atoms with van der Waals surface area (Å²) >= 11 is 0. The van der Waals surface area contributed by atoms with Crippen LogP contribution in [-0.2, 0) is 22.4 Å². The lowest BCUT2D eigenvalue weighted by molar-refractivity contribution is -0.137. The average Bonchev–Trinajstić information content (AvgIpc) is 3.10. The van der Waals surface area contributed by atoms with Gasteiger partial charge in [-0.25, -0.2) is 10.2 Å². The number of nitrogens with zero attached hydrogens (tertiary/aromatic N) is 3. The highest BCUT2D eigenvalue weighted by Gasteiger charge is 2.30. The van der Waals surface area contributed by atoms with Gasteiger partial charge in [-0.15, -0.1) is 24.8 Å². The number of phenolic OH excluding ortho intramolecular Hbond substituents is 1. The fourth-order valence-corrected chi connectivity index (χ4v) is 5.09. The summed E-state index contributed by atoms with van der Waals surface area (Å²) in [5, 5.41) is 21.9. The van der Waals surface area contributed by atoms with Gasteiger partial charge >= 0.3 is 12.2 Å². The van der Waals surface area contributed by atoms with Gasteiger partial charge in [-0.1, -0.05) is 36.4 Å². The highest BCUT2D eigenvalue weighted by molar-refractivity contribution is 6.00. The maximum absolute atomic E-state index is 12.9. The summed E-state index contributed by atoms with van der Waals surface area (Å²) in [6.07, 6.45) is -3.18. The molecule has 4 amide bonds. The number of hydrazone groups is 1. The van der Waals surface area contributed by atoms with E-state index in [2.05, 4.69) is 26.5 Å². The third-order valence-electron chi connectivity index (χ3n) is 7.71. The minimum Gasteiger partial charge on any atom is -0.507 e. The van der Waals surface area contributed by atoms with E-state index < -0.39 is 17.8 Å². The molecule has 0 aromatic heterocycles. The monoisotopic (exact) mass is 775 g/mol. The van der Waals surface area contributed by atoms with Gasteiger partial charge in [0.2, 0.25) is 5.91 Å². The van der Waals surface area contributed by atoms with Crippen molar-refractivity contribution in [3.05, 3.63) is 114 Å². The minimum atomic E-state index is -4.53. The summed E-state index contributed by atoms with van der Waals surface area (Å²) < 4.78 is 44.5. The molecule has 12 nitrogen and oxygen atoms in total. The number of phenols is 1. The van der Waals surface area contributed by atoms with Crippen molar-refractivity contribution >= 4 is 65.9 Å². The van der Waals surface area contributed by atoms with E-state index in [9.17, 15) is 32.7 Å². The number of rotatable bonds is 12. The van der Waals surface area contributed by atoms with E-state index in [-0.39, 0.29) is 61.2 Å². The lowest BCUT2D eigenvalue weighted by Crippen LogP contribution is -2.50. The molecule has 0 saturated carbocycles. The number of nitrogens with one attached hydrogen (secondary N) is 4. The largest absolute Gasteiger partial charge is 0.507 e. The van der Waals surface area contributed by atoms with Crippen LogP contribution in [0.4, 0.5) is 35.0 Å². The molecule has 0 unspecified atom stereocenters. The van der Waals surface area contributed by atoms with Gasteiger partial charge in [0, 0.05) is 48.8 Å². The lowest BCUT2D eigenvalue weighted by atomic mass is 10.2. The molecule has 0 bridgehead atoms. The van der Waals surface area contributed by atoms with Crippen molar-refractivity contribution in [3.63, 3.8) is 0 Å². The van der Waals surface area contributed by atoms with E-state index in [1.54, 1.807) is 36.4 Å². The molecule has 1 fully saturated rings. The Balaban J connectivity index is 0.00000378. The molecule has 1 saturated heterocycles. The predicted molar refractivity (Wildman–Crippen MR) is 201 cm³/mol. The van der Waals surface area contributed by atoms with Crippen LogP contribution < -0.4 is 26.1 Å². The molecule has 17 heteroatoms. The van der Waals surface area contributed by atoms with Gasteiger partial charge in [0.15, 0.2) is 0 Å². The number of hydrogen-bond acceptors (Lipinski definition) is 8. The number of urea groups is 1. The van der Waals surface area contributed by atoms with E-state index in [0.717, 1.165) is 17.7 Å². The molecule has 0 aliphatic carbocycles. The van der Waals surface area contributed by atoms with Crippen LogP contribution in [0, 0.1) is 0 Å². The predicted octanol–water partition coefficient (Wildman–Crippen LogP) is 6.18. The molecule has 4 aromatic carbocycles. The van der Waals surface area contributed by atoms with Crippen molar-refractivity contribution in [2.75, 3.05) is 55.2 Å². The van der Waals surface area contributed by atoms with Gasteiger partial charge in [-0.3, -0.25) is 19.4 Å². The fraction of sp³-hybridized carbons (Fsp3) is 0.222. The number of carbonyl (C=O) groups excluding carboxylic acids is 3. The first-order valence-electron chi connectivity index (χ1n) is 15.9. The summed E-state index contributed by atoms with van der Waals surface area (Å²) in [7, 11) is 0. The molecule has 0 spiro atoms. The minimum absolute atomic E-state index is 0. The molecule has 1 aliphatic rings. The van der Waals surface area contributed by atoms with Crippen LogP contribution in [0.15, 0.2) is 102 Å². The number of benzene rings is 4. The normalized spacial score (nSPS) is 13.3. The van der Waals surface area contributed by atoms with Crippen LogP contribution in [0.1, 0.15) is 16.7 Å². The molecule has 1 heterocycles. The molecule has 0 radical (unpaired) electrons. The second kappa shape index (κ2) is 20.0. The van der Waals surface area contributed by atoms with Gasteiger partial charge in [-0.05, 0) is 66.2 Å². The van der Waals surface area contributed by atoms with Crippen LogP contribution in [0.2, 0.25) is 0 Å². The number of halogens is 5. The number of alkyl halides is 3. The van der Waals surface area contributed by atoms with E-state index in [1.807, 2.05) is 40.1 Å². The number of amides is 4. The van der Waals surface area contributed by atoms with Gasteiger partial charge in [0.25, 0.3) is 5.91 Å².